The van der Waals surface area contributed by atoms with E-state index in [-0.39, 0.29) is 29.9 Å². The first-order chi connectivity index (χ1) is 12.7. The Hall–Kier alpha value is -1.06. The van der Waals surface area contributed by atoms with Crippen molar-refractivity contribution in [2.75, 3.05) is 39.3 Å². The third-order valence-electron chi connectivity index (χ3n) is 4.53. The molecule has 0 bridgehead atoms. The van der Waals surface area contributed by atoms with Gasteiger partial charge in [-0.1, -0.05) is 30.7 Å². The number of likely N-dealkylation sites (N-methyl/N-ethyl adjacent to an activating group) is 1. The minimum absolute atomic E-state index is 0. The Morgan fingerprint density at radius 1 is 1.22 bits per heavy atom. The average molecular weight is 508 g/mol. The Balaban J connectivity index is 0.00000364. The molecule has 3 N–H and O–H groups in total. The average Bonchev–Trinajstić information content (AvgIpc) is 3.10. The highest BCUT2D eigenvalue weighted by Crippen LogP contribution is 2.16. The molecule has 1 aliphatic rings. The van der Waals surface area contributed by atoms with E-state index >= 15 is 0 Å². The second-order valence-electron chi connectivity index (χ2n) is 6.31. The number of carbonyl (C=O) groups excluding carboxylic acids is 1. The van der Waals surface area contributed by atoms with E-state index in [1.807, 2.05) is 13.0 Å². The third-order valence-corrected chi connectivity index (χ3v) is 4.86. The van der Waals surface area contributed by atoms with Crippen LogP contribution >= 0.6 is 35.6 Å². The highest BCUT2D eigenvalue weighted by Gasteiger charge is 2.22. The van der Waals surface area contributed by atoms with E-state index in [9.17, 15) is 4.79 Å². The van der Waals surface area contributed by atoms with Crippen molar-refractivity contribution in [3.63, 3.8) is 0 Å². The number of nitrogens with one attached hydrogen (secondary N) is 3. The lowest BCUT2D eigenvalue weighted by atomic mass is 10.2. The molecule has 0 aromatic heterocycles. The van der Waals surface area contributed by atoms with E-state index in [4.69, 9.17) is 16.6 Å². The number of rotatable bonds is 8. The Morgan fingerprint density at radius 3 is 2.67 bits per heavy atom. The molecular weight excluding hydrogens is 477 g/mol. The van der Waals surface area contributed by atoms with E-state index < -0.39 is 0 Å². The summed E-state index contributed by atoms with van der Waals surface area (Å²) in [5.74, 6) is 0.631. The molecule has 152 valence electrons. The fraction of sp³-hybridized carbons (Fsp3) is 0.579. The zero-order valence-electron chi connectivity index (χ0n) is 16.1. The monoisotopic (exact) mass is 507 g/mol. The lowest BCUT2D eigenvalue weighted by Gasteiger charge is -2.21. The van der Waals surface area contributed by atoms with Gasteiger partial charge in [-0.25, -0.2) is 0 Å². The van der Waals surface area contributed by atoms with Crippen LogP contribution in [0.5, 0.6) is 0 Å². The van der Waals surface area contributed by atoms with Crippen LogP contribution in [0.3, 0.4) is 0 Å². The van der Waals surface area contributed by atoms with Gasteiger partial charge in [-0.05, 0) is 45.0 Å². The molecule has 8 heteroatoms. The van der Waals surface area contributed by atoms with Crippen LogP contribution in [-0.4, -0.2) is 62.1 Å². The summed E-state index contributed by atoms with van der Waals surface area (Å²) in [5.41, 5.74) is 0.496. The third kappa shape index (κ3) is 7.83. The Labute approximate surface area is 184 Å². The predicted octanol–water partition coefficient (Wildman–Crippen LogP) is 2.73. The molecule has 1 atom stereocenters. The molecule has 0 spiro atoms. The number of aliphatic imine (C=N–C) groups is 1. The molecule has 1 fully saturated rings. The number of nitrogens with zero attached hydrogens (tertiary/aromatic N) is 2. The maximum Gasteiger partial charge on any atom is 0.252 e. The van der Waals surface area contributed by atoms with Gasteiger partial charge in [-0.15, -0.1) is 24.0 Å². The zero-order chi connectivity index (χ0) is 18.8. The standard InChI is InChI=1S/C19H30ClN5O.HI/c1-3-21-19(24-14-15-8-7-13-25(15)4-2)23-12-11-22-18(26)16-9-5-6-10-17(16)20;/h5-6,9-10,15H,3-4,7-8,11-14H2,1-2H3,(H,22,26)(H2,21,23,24);1H. The van der Waals surface area contributed by atoms with E-state index in [0.717, 1.165) is 25.6 Å². The van der Waals surface area contributed by atoms with Gasteiger partial charge in [0, 0.05) is 25.7 Å². The van der Waals surface area contributed by atoms with Crippen molar-refractivity contribution < 1.29 is 4.79 Å². The number of hydrogen-bond acceptors (Lipinski definition) is 3. The van der Waals surface area contributed by atoms with Crippen molar-refractivity contribution in [3.8, 4) is 0 Å². The second-order valence-corrected chi connectivity index (χ2v) is 6.71. The van der Waals surface area contributed by atoms with Crippen LogP contribution < -0.4 is 16.0 Å². The van der Waals surface area contributed by atoms with Gasteiger partial charge in [0.15, 0.2) is 5.96 Å². The maximum atomic E-state index is 12.1. The van der Waals surface area contributed by atoms with Crippen LogP contribution in [0.15, 0.2) is 29.3 Å². The fourth-order valence-corrected chi connectivity index (χ4v) is 3.38. The molecule has 1 aromatic carbocycles. The summed E-state index contributed by atoms with van der Waals surface area (Å²) in [7, 11) is 0. The quantitative estimate of drug-likeness (QED) is 0.219. The number of hydrogen-bond donors (Lipinski definition) is 3. The van der Waals surface area contributed by atoms with Crippen molar-refractivity contribution in [1.82, 2.24) is 20.9 Å². The Bertz CT molecular complexity index is 614. The van der Waals surface area contributed by atoms with Gasteiger partial charge < -0.3 is 16.0 Å². The topological polar surface area (TPSA) is 68.8 Å². The lowest BCUT2D eigenvalue weighted by molar-refractivity contribution is 0.0954. The summed E-state index contributed by atoms with van der Waals surface area (Å²) < 4.78 is 0. The number of halogens is 2. The normalized spacial score (nSPS) is 17.3. The SMILES string of the molecule is CCNC(=NCC1CCCN1CC)NCCNC(=O)c1ccccc1Cl.I. The molecule has 1 heterocycles. The largest absolute Gasteiger partial charge is 0.357 e. The molecule has 1 aliphatic heterocycles. The summed E-state index contributed by atoms with van der Waals surface area (Å²) >= 11 is 6.04. The molecular formula is C19H31ClIN5O. The number of amides is 1. The molecule has 6 nitrogen and oxygen atoms in total. The second kappa shape index (κ2) is 13.2. The van der Waals surface area contributed by atoms with Gasteiger partial charge in [-0.3, -0.25) is 14.7 Å². The summed E-state index contributed by atoms with van der Waals surface area (Å²) in [5, 5.41) is 9.86. The summed E-state index contributed by atoms with van der Waals surface area (Å²) in [6, 6.07) is 7.59. The van der Waals surface area contributed by atoms with Gasteiger partial charge in [0.1, 0.15) is 0 Å². The first-order valence-corrected chi connectivity index (χ1v) is 9.82. The van der Waals surface area contributed by atoms with Crippen LogP contribution in [-0.2, 0) is 0 Å². The molecule has 1 unspecified atom stereocenters. The van der Waals surface area contributed by atoms with Crippen molar-refractivity contribution >= 4 is 47.4 Å². The van der Waals surface area contributed by atoms with Crippen molar-refractivity contribution in [3.05, 3.63) is 34.9 Å². The lowest BCUT2D eigenvalue weighted by Crippen LogP contribution is -2.42. The first-order valence-electron chi connectivity index (χ1n) is 9.44. The van der Waals surface area contributed by atoms with Gasteiger partial charge in [0.05, 0.1) is 17.1 Å². The highest BCUT2D eigenvalue weighted by molar-refractivity contribution is 14.0. The predicted molar refractivity (Wildman–Crippen MR) is 123 cm³/mol. The van der Waals surface area contributed by atoms with E-state index in [0.29, 0.717) is 29.7 Å². The maximum absolute atomic E-state index is 12.1. The minimum atomic E-state index is -0.163. The summed E-state index contributed by atoms with van der Waals surface area (Å²) in [6.07, 6.45) is 2.47. The number of likely N-dealkylation sites (tertiary alicyclic amines) is 1. The first kappa shape index (κ1) is 24.0. The molecule has 0 saturated carbocycles. The Kier molecular flexibility index (Phi) is 11.7. The van der Waals surface area contributed by atoms with Crippen LogP contribution in [0.25, 0.3) is 0 Å². The van der Waals surface area contributed by atoms with Crippen LogP contribution in [0, 0.1) is 0 Å². The summed E-state index contributed by atoms with van der Waals surface area (Å²) in [6.45, 7) is 9.21. The number of benzene rings is 1. The molecule has 1 aromatic rings. The number of guanidine groups is 1. The van der Waals surface area contributed by atoms with Crippen LogP contribution in [0.4, 0.5) is 0 Å². The highest BCUT2D eigenvalue weighted by atomic mass is 127. The van der Waals surface area contributed by atoms with Crippen LogP contribution in [0.2, 0.25) is 5.02 Å². The van der Waals surface area contributed by atoms with Gasteiger partial charge in [0.25, 0.3) is 5.91 Å². The van der Waals surface area contributed by atoms with Crippen molar-refractivity contribution in [2.45, 2.75) is 32.7 Å². The number of carbonyl (C=O) groups is 1. The molecule has 1 saturated heterocycles. The van der Waals surface area contributed by atoms with Crippen molar-refractivity contribution in [1.29, 1.82) is 0 Å². The van der Waals surface area contributed by atoms with Crippen molar-refractivity contribution in [2.24, 2.45) is 4.99 Å². The van der Waals surface area contributed by atoms with E-state index in [1.54, 1.807) is 18.2 Å². The Morgan fingerprint density at radius 2 is 1.96 bits per heavy atom. The fourth-order valence-electron chi connectivity index (χ4n) is 3.15. The zero-order valence-corrected chi connectivity index (χ0v) is 19.2. The molecule has 27 heavy (non-hydrogen) atoms. The minimum Gasteiger partial charge on any atom is -0.357 e. The smallest absolute Gasteiger partial charge is 0.252 e. The van der Waals surface area contributed by atoms with Gasteiger partial charge in [0.2, 0.25) is 0 Å². The van der Waals surface area contributed by atoms with Gasteiger partial charge in [-0.2, -0.15) is 0 Å². The molecule has 1 amide bonds. The van der Waals surface area contributed by atoms with Crippen LogP contribution in [0.1, 0.15) is 37.0 Å². The molecule has 2 rings (SSSR count). The van der Waals surface area contributed by atoms with E-state index in [2.05, 4.69) is 27.8 Å². The molecule has 0 aliphatic carbocycles. The summed E-state index contributed by atoms with van der Waals surface area (Å²) in [4.78, 5) is 19.3. The molecule has 0 radical (unpaired) electrons. The van der Waals surface area contributed by atoms with E-state index in [1.165, 1.54) is 19.4 Å². The van der Waals surface area contributed by atoms with Gasteiger partial charge >= 0.3 is 0 Å².